The minimum Gasteiger partial charge on any atom is -0.481 e. The van der Waals surface area contributed by atoms with Crippen molar-refractivity contribution in [2.24, 2.45) is 5.92 Å². The Morgan fingerprint density at radius 3 is 2.53 bits per heavy atom. The van der Waals surface area contributed by atoms with Crippen molar-refractivity contribution in [3.8, 4) is 17.1 Å². The van der Waals surface area contributed by atoms with Crippen LogP contribution in [0.3, 0.4) is 0 Å². The number of hydrogen-bond acceptors (Lipinski definition) is 6. The number of rotatable bonds is 5. The topological polar surface area (TPSA) is 120 Å². The van der Waals surface area contributed by atoms with E-state index in [-0.39, 0.29) is 47.8 Å². The number of aromatic amines is 1. The molecular weight excluding hydrogens is 510 g/mol. The lowest BCUT2D eigenvalue weighted by molar-refractivity contribution is -0.271. The molecule has 3 heterocycles. The first-order chi connectivity index (χ1) is 17.9. The first-order valence-corrected chi connectivity index (χ1v) is 12.6. The molecule has 1 saturated heterocycles. The molecule has 0 radical (unpaired) electrons. The zero-order chi connectivity index (χ0) is 27.3. The van der Waals surface area contributed by atoms with Crippen molar-refractivity contribution >= 4 is 11.8 Å². The van der Waals surface area contributed by atoms with Gasteiger partial charge in [0.15, 0.2) is 17.1 Å². The normalized spacial score (nSPS) is 26.7. The predicted octanol–water partition coefficient (Wildman–Crippen LogP) is 3.36. The molecule has 3 fully saturated rings. The highest BCUT2D eigenvalue weighted by Crippen LogP contribution is 2.49. The summed E-state index contributed by atoms with van der Waals surface area (Å²) in [6, 6.07) is 2.68. The van der Waals surface area contributed by atoms with Crippen LogP contribution >= 0.6 is 0 Å². The molecule has 1 spiro atoms. The third-order valence-corrected chi connectivity index (χ3v) is 8.16. The summed E-state index contributed by atoms with van der Waals surface area (Å²) in [5, 5.41) is 19.6. The van der Waals surface area contributed by atoms with Gasteiger partial charge in [-0.25, -0.2) is 9.37 Å². The van der Waals surface area contributed by atoms with Gasteiger partial charge in [0, 0.05) is 35.7 Å². The number of aromatic nitrogens is 3. The lowest BCUT2D eigenvalue weighted by Crippen LogP contribution is -2.55. The zero-order valence-electron chi connectivity index (χ0n) is 20.8. The molecule has 5 rings (SSSR count). The largest absolute Gasteiger partial charge is 0.481 e. The molecule has 2 saturated carbocycles. The maximum absolute atomic E-state index is 14.3. The number of nitrogens with zero attached hydrogens (tertiary/aromatic N) is 3. The number of amides is 2. The van der Waals surface area contributed by atoms with Crippen LogP contribution in [0.2, 0.25) is 0 Å². The van der Waals surface area contributed by atoms with Crippen LogP contribution in [0.5, 0.6) is 5.88 Å². The Labute approximate surface area is 215 Å². The molecular formula is C25H29F4N5O4. The Bertz CT molecular complexity index is 1220. The highest BCUT2D eigenvalue weighted by atomic mass is 19.4. The molecule has 2 aliphatic carbocycles. The average Bonchev–Trinajstić information content (AvgIpc) is 3.45. The SMILES string of the molecule is COc1cc(-c2cc(C(=O)N3CC[C@H](NC(=O)[C@H]4CC[C@](O)(C(F)(F)F)CC4)CC34CC4)n[nH]2)c(F)cn1. The molecule has 0 unspecified atom stereocenters. The number of carbonyl (C=O) groups is 2. The fourth-order valence-corrected chi connectivity index (χ4v) is 5.66. The number of H-pyrrole nitrogens is 1. The fourth-order valence-electron chi connectivity index (χ4n) is 5.66. The molecule has 2 aromatic heterocycles. The van der Waals surface area contributed by atoms with Crippen molar-refractivity contribution in [3.05, 3.63) is 29.8 Å². The second kappa shape index (κ2) is 9.51. The number of likely N-dealkylation sites (tertiary alicyclic amines) is 1. The number of carbonyl (C=O) groups excluding carboxylic acids is 2. The standard InChI is InChI=1S/C25H29F4N5O4/c1-38-20-10-16(17(26)13-30-20)18-11-19(33-32-18)22(36)34-9-4-15(12-23(34)7-8-23)31-21(35)14-2-5-24(37,6-3-14)25(27,28)29/h10-11,13-15,37H,2-9,12H2,1H3,(H,31,35)(H,32,33)/t14-,15-,24+/m0/s1. The third kappa shape index (κ3) is 4.83. The predicted molar refractivity (Wildman–Crippen MR) is 125 cm³/mol. The molecule has 13 heteroatoms. The number of hydrogen-bond donors (Lipinski definition) is 3. The van der Waals surface area contributed by atoms with E-state index >= 15 is 0 Å². The number of piperidine rings is 1. The molecule has 206 valence electrons. The third-order valence-electron chi connectivity index (χ3n) is 8.16. The van der Waals surface area contributed by atoms with E-state index in [0.717, 1.165) is 19.0 Å². The van der Waals surface area contributed by atoms with Crippen molar-refractivity contribution in [3.63, 3.8) is 0 Å². The highest BCUT2D eigenvalue weighted by Gasteiger charge is 2.56. The van der Waals surface area contributed by atoms with Gasteiger partial charge in [0.25, 0.3) is 5.91 Å². The Morgan fingerprint density at radius 2 is 1.89 bits per heavy atom. The quantitative estimate of drug-likeness (QED) is 0.502. The van der Waals surface area contributed by atoms with Crippen molar-refractivity contribution in [1.82, 2.24) is 25.4 Å². The van der Waals surface area contributed by atoms with E-state index in [0.29, 0.717) is 25.1 Å². The molecule has 3 aliphatic rings. The van der Waals surface area contributed by atoms with Crippen molar-refractivity contribution in [2.75, 3.05) is 13.7 Å². The Balaban J connectivity index is 1.20. The first kappa shape index (κ1) is 26.4. The summed E-state index contributed by atoms with van der Waals surface area (Å²) in [6.45, 7) is 0.377. The van der Waals surface area contributed by atoms with Gasteiger partial charge in [0.2, 0.25) is 11.8 Å². The minimum absolute atomic E-state index is 0.0320. The number of aliphatic hydroxyl groups is 1. The number of alkyl halides is 3. The number of pyridine rings is 1. The average molecular weight is 540 g/mol. The second-order valence-corrected chi connectivity index (χ2v) is 10.6. The van der Waals surface area contributed by atoms with E-state index in [2.05, 4.69) is 20.5 Å². The molecule has 1 atom stereocenters. The van der Waals surface area contributed by atoms with Crippen molar-refractivity contribution in [1.29, 1.82) is 0 Å². The number of halogens is 4. The van der Waals surface area contributed by atoms with Gasteiger partial charge in [-0.3, -0.25) is 14.7 Å². The maximum atomic E-state index is 14.3. The summed E-state index contributed by atoms with van der Waals surface area (Å²) in [7, 11) is 1.41. The van der Waals surface area contributed by atoms with Crippen molar-refractivity contribution < 1.29 is 37.0 Å². The Hall–Kier alpha value is -3.22. The van der Waals surface area contributed by atoms with Gasteiger partial charge >= 0.3 is 6.18 Å². The number of methoxy groups -OCH3 is 1. The second-order valence-electron chi connectivity index (χ2n) is 10.6. The van der Waals surface area contributed by atoms with Crippen LogP contribution in [-0.4, -0.2) is 74.0 Å². The lowest BCUT2D eigenvalue weighted by atomic mass is 9.78. The van der Waals surface area contributed by atoms with Gasteiger partial charge in [-0.1, -0.05) is 0 Å². The zero-order valence-corrected chi connectivity index (χ0v) is 20.8. The molecule has 38 heavy (non-hydrogen) atoms. The van der Waals surface area contributed by atoms with Gasteiger partial charge < -0.3 is 20.1 Å². The van der Waals surface area contributed by atoms with Gasteiger partial charge in [0.05, 0.1) is 19.0 Å². The molecule has 2 aromatic rings. The van der Waals surface area contributed by atoms with Crippen LogP contribution in [0.15, 0.2) is 18.3 Å². The Morgan fingerprint density at radius 1 is 1.18 bits per heavy atom. The molecule has 3 N–H and O–H groups in total. The first-order valence-electron chi connectivity index (χ1n) is 12.6. The molecule has 0 bridgehead atoms. The summed E-state index contributed by atoms with van der Waals surface area (Å²) in [5.74, 6) is -1.56. The van der Waals surface area contributed by atoms with Gasteiger partial charge in [0.1, 0.15) is 0 Å². The summed E-state index contributed by atoms with van der Waals surface area (Å²) in [5.41, 5.74) is -2.52. The van der Waals surface area contributed by atoms with E-state index in [9.17, 15) is 32.3 Å². The lowest BCUT2D eigenvalue weighted by Gasteiger charge is -2.41. The van der Waals surface area contributed by atoms with Gasteiger partial charge in [-0.15, -0.1) is 0 Å². The van der Waals surface area contributed by atoms with E-state index in [4.69, 9.17) is 4.74 Å². The minimum atomic E-state index is -4.71. The summed E-state index contributed by atoms with van der Waals surface area (Å²) < 4.78 is 58.5. The van der Waals surface area contributed by atoms with E-state index in [1.54, 1.807) is 4.90 Å². The monoisotopic (exact) mass is 539 g/mol. The summed E-state index contributed by atoms with van der Waals surface area (Å²) in [6.07, 6.45) is -2.17. The molecule has 1 aliphatic heterocycles. The fraction of sp³-hybridized carbons (Fsp3) is 0.600. The summed E-state index contributed by atoms with van der Waals surface area (Å²) in [4.78, 5) is 31.7. The van der Waals surface area contributed by atoms with Crippen LogP contribution < -0.4 is 10.1 Å². The van der Waals surface area contributed by atoms with E-state index in [1.807, 2.05) is 0 Å². The van der Waals surface area contributed by atoms with Crippen molar-refractivity contribution in [2.45, 2.75) is 74.7 Å². The van der Waals surface area contributed by atoms with Crippen LogP contribution in [0.25, 0.3) is 11.3 Å². The molecule has 0 aromatic carbocycles. The molecule has 9 nitrogen and oxygen atoms in total. The van der Waals surface area contributed by atoms with Gasteiger partial charge in [-0.2, -0.15) is 18.3 Å². The summed E-state index contributed by atoms with van der Waals surface area (Å²) >= 11 is 0. The van der Waals surface area contributed by atoms with Crippen LogP contribution in [-0.2, 0) is 4.79 Å². The van der Waals surface area contributed by atoms with Crippen LogP contribution in [0.1, 0.15) is 61.9 Å². The van der Waals surface area contributed by atoms with Crippen LogP contribution in [0, 0.1) is 11.7 Å². The molecule has 2 amide bonds. The highest BCUT2D eigenvalue weighted by molar-refractivity contribution is 5.94. The maximum Gasteiger partial charge on any atom is 0.417 e. The Kier molecular flexibility index (Phi) is 6.60. The number of ether oxygens (including phenoxy) is 1. The number of nitrogens with one attached hydrogen (secondary N) is 2. The van der Waals surface area contributed by atoms with Gasteiger partial charge in [-0.05, 0) is 57.4 Å². The van der Waals surface area contributed by atoms with E-state index in [1.165, 1.54) is 19.2 Å². The smallest absolute Gasteiger partial charge is 0.417 e. The van der Waals surface area contributed by atoms with Crippen LogP contribution in [0.4, 0.5) is 17.6 Å². The van der Waals surface area contributed by atoms with E-state index < -0.39 is 41.9 Å².